The predicted octanol–water partition coefficient (Wildman–Crippen LogP) is 3.09. The molecular weight excluding hydrogens is 260 g/mol. The first-order chi connectivity index (χ1) is 8.58. The summed E-state index contributed by atoms with van der Waals surface area (Å²) in [5, 5.41) is 13.2. The van der Waals surface area contributed by atoms with E-state index in [4.69, 9.17) is 16.0 Å². The second-order valence-electron chi connectivity index (χ2n) is 3.39. The molecule has 0 aliphatic rings. The van der Waals surface area contributed by atoms with E-state index in [0.717, 1.165) is 0 Å². The topological polar surface area (TPSA) is 85.4 Å². The second-order valence-corrected chi connectivity index (χ2v) is 3.80. The predicted molar refractivity (Wildman–Crippen MR) is 64.8 cm³/mol. The molecule has 0 atom stereocenters. The maximum Gasteiger partial charge on any atom is 0.289 e. The summed E-state index contributed by atoms with van der Waals surface area (Å²) >= 11 is 5.66. The van der Waals surface area contributed by atoms with E-state index in [-0.39, 0.29) is 16.4 Å². The highest BCUT2D eigenvalue weighted by Gasteiger charge is 2.14. The molecule has 1 aromatic heterocycles. The van der Waals surface area contributed by atoms with Crippen LogP contribution in [0.1, 0.15) is 10.4 Å². The largest absolute Gasteiger partial charge is 0.472 e. The Morgan fingerprint density at radius 1 is 1.39 bits per heavy atom. The SMILES string of the molecule is O=C(Nc1ccc(Cl)c([N+](=O)[O-])c1)c1ccoc1. The lowest BCUT2D eigenvalue weighted by atomic mass is 10.2. The molecule has 1 heterocycles. The van der Waals surface area contributed by atoms with Gasteiger partial charge in [-0.2, -0.15) is 0 Å². The van der Waals surface area contributed by atoms with Crippen LogP contribution in [0.5, 0.6) is 0 Å². The third-order valence-electron chi connectivity index (χ3n) is 2.18. The molecular formula is C11H7ClN2O4. The minimum atomic E-state index is -0.615. The third kappa shape index (κ3) is 2.49. The zero-order valence-electron chi connectivity index (χ0n) is 8.92. The van der Waals surface area contributed by atoms with E-state index < -0.39 is 10.8 Å². The number of rotatable bonds is 3. The van der Waals surface area contributed by atoms with Gasteiger partial charge in [-0.3, -0.25) is 14.9 Å². The molecule has 18 heavy (non-hydrogen) atoms. The fraction of sp³-hybridized carbons (Fsp3) is 0. The van der Waals surface area contributed by atoms with Gasteiger partial charge in [-0.1, -0.05) is 11.6 Å². The molecule has 0 aliphatic heterocycles. The van der Waals surface area contributed by atoms with Crippen molar-refractivity contribution in [3.8, 4) is 0 Å². The molecule has 0 saturated carbocycles. The first-order valence-electron chi connectivity index (χ1n) is 4.85. The molecule has 2 rings (SSSR count). The third-order valence-corrected chi connectivity index (χ3v) is 2.50. The van der Waals surface area contributed by atoms with Crippen molar-refractivity contribution >= 4 is 28.9 Å². The minimum Gasteiger partial charge on any atom is -0.472 e. The number of carbonyl (C=O) groups is 1. The van der Waals surface area contributed by atoms with Crippen molar-refractivity contribution < 1.29 is 14.1 Å². The Morgan fingerprint density at radius 2 is 2.17 bits per heavy atom. The Kier molecular flexibility index (Phi) is 3.29. The summed E-state index contributed by atoms with van der Waals surface area (Å²) in [6, 6.07) is 5.51. The molecule has 1 amide bonds. The summed E-state index contributed by atoms with van der Waals surface area (Å²) in [4.78, 5) is 21.7. The lowest BCUT2D eigenvalue weighted by Gasteiger charge is -2.03. The van der Waals surface area contributed by atoms with Gasteiger partial charge in [0.05, 0.1) is 16.7 Å². The van der Waals surface area contributed by atoms with Gasteiger partial charge in [0.15, 0.2) is 0 Å². The van der Waals surface area contributed by atoms with Gasteiger partial charge in [0, 0.05) is 11.8 Å². The number of nitro groups is 1. The Hall–Kier alpha value is -2.34. The highest BCUT2D eigenvalue weighted by molar-refractivity contribution is 6.32. The number of halogens is 1. The van der Waals surface area contributed by atoms with Crippen molar-refractivity contribution in [1.29, 1.82) is 0 Å². The number of hydrogen-bond acceptors (Lipinski definition) is 4. The molecule has 0 radical (unpaired) electrons. The van der Waals surface area contributed by atoms with Crippen LogP contribution < -0.4 is 5.32 Å². The van der Waals surface area contributed by atoms with Crippen molar-refractivity contribution in [3.05, 3.63) is 57.5 Å². The fourth-order valence-electron chi connectivity index (χ4n) is 1.33. The number of amides is 1. The maximum atomic E-state index is 11.7. The molecule has 7 heteroatoms. The number of nitrogens with one attached hydrogen (secondary N) is 1. The zero-order chi connectivity index (χ0) is 13.1. The number of benzene rings is 1. The van der Waals surface area contributed by atoms with E-state index in [0.29, 0.717) is 5.56 Å². The molecule has 2 aromatic rings. The normalized spacial score (nSPS) is 10.1. The monoisotopic (exact) mass is 266 g/mol. The van der Waals surface area contributed by atoms with Crippen LogP contribution in [0, 0.1) is 10.1 Å². The standard InChI is InChI=1S/C11H7ClN2O4/c12-9-2-1-8(5-10(9)14(16)17)13-11(15)7-3-4-18-6-7/h1-6H,(H,13,15). The number of carbonyl (C=O) groups excluding carboxylic acids is 1. The number of anilines is 1. The van der Waals surface area contributed by atoms with Crippen molar-refractivity contribution in [2.45, 2.75) is 0 Å². The van der Waals surface area contributed by atoms with Crippen LogP contribution in [-0.2, 0) is 0 Å². The van der Waals surface area contributed by atoms with Gasteiger partial charge in [-0.05, 0) is 18.2 Å². The molecule has 6 nitrogen and oxygen atoms in total. The second kappa shape index (κ2) is 4.89. The summed E-state index contributed by atoms with van der Waals surface area (Å²) in [6.45, 7) is 0. The van der Waals surface area contributed by atoms with Crippen LogP contribution in [0.3, 0.4) is 0 Å². The van der Waals surface area contributed by atoms with Crippen LogP contribution in [0.2, 0.25) is 5.02 Å². The molecule has 0 bridgehead atoms. The molecule has 0 saturated heterocycles. The smallest absolute Gasteiger partial charge is 0.289 e. The van der Waals surface area contributed by atoms with Crippen LogP contribution in [-0.4, -0.2) is 10.8 Å². The summed E-state index contributed by atoms with van der Waals surface area (Å²) in [5.74, 6) is -0.416. The van der Waals surface area contributed by atoms with Crippen molar-refractivity contribution in [3.63, 3.8) is 0 Å². The Bertz CT molecular complexity index is 595. The van der Waals surface area contributed by atoms with E-state index in [1.807, 2.05) is 0 Å². The average Bonchev–Trinajstić information content (AvgIpc) is 2.85. The lowest BCUT2D eigenvalue weighted by molar-refractivity contribution is -0.384. The molecule has 1 aromatic carbocycles. The lowest BCUT2D eigenvalue weighted by Crippen LogP contribution is -2.10. The van der Waals surface area contributed by atoms with Crippen LogP contribution in [0.15, 0.2) is 41.2 Å². The van der Waals surface area contributed by atoms with E-state index in [1.54, 1.807) is 0 Å². The Morgan fingerprint density at radius 3 is 2.78 bits per heavy atom. The molecule has 1 N–H and O–H groups in total. The molecule has 92 valence electrons. The van der Waals surface area contributed by atoms with Gasteiger partial charge < -0.3 is 9.73 Å². The Labute approximate surface area is 106 Å². The van der Waals surface area contributed by atoms with Gasteiger partial charge >= 0.3 is 0 Å². The van der Waals surface area contributed by atoms with Crippen molar-refractivity contribution in [2.24, 2.45) is 0 Å². The number of hydrogen-bond donors (Lipinski definition) is 1. The van der Waals surface area contributed by atoms with Gasteiger partial charge in [0.25, 0.3) is 11.6 Å². The van der Waals surface area contributed by atoms with Crippen molar-refractivity contribution in [1.82, 2.24) is 0 Å². The summed E-state index contributed by atoms with van der Waals surface area (Å²) in [7, 11) is 0. The van der Waals surface area contributed by atoms with E-state index in [1.165, 1.54) is 36.8 Å². The molecule has 0 spiro atoms. The maximum absolute atomic E-state index is 11.7. The van der Waals surface area contributed by atoms with Gasteiger partial charge in [0.1, 0.15) is 11.3 Å². The van der Waals surface area contributed by atoms with Gasteiger partial charge in [0.2, 0.25) is 0 Å². The quantitative estimate of drug-likeness (QED) is 0.683. The van der Waals surface area contributed by atoms with Crippen LogP contribution >= 0.6 is 11.6 Å². The van der Waals surface area contributed by atoms with Gasteiger partial charge in [-0.25, -0.2) is 0 Å². The summed E-state index contributed by atoms with van der Waals surface area (Å²) < 4.78 is 4.76. The molecule has 0 fully saturated rings. The minimum absolute atomic E-state index is 0.0151. The first-order valence-corrected chi connectivity index (χ1v) is 5.23. The highest BCUT2D eigenvalue weighted by Crippen LogP contribution is 2.27. The summed E-state index contributed by atoms with van der Waals surface area (Å²) in [5.41, 5.74) is 0.353. The molecule has 0 unspecified atom stereocenters. The zero-order valence-corrected chi connectivity index (χ0v) is 9.68. The highest BCUT2D eigenvalue weighted by atomic mass is 35.5. The molecule has 0 aliphatic carbocycles. The first kappa shape index (κ1) is 12.1. The van der Waals surface area contributed by atoms with Crippen LogP contribution in [0.25, 0.3) is 0 Å². The number of nitrogens with zero attached hydrogens (tertiary/aromatic N) is 1. The number of nitro benzene ring substituents is 1. The fourth-order valence-corrected chi connectivity index (χ4v) is 1.51. The van der Waals surface area contributed by atoms with E-state index in [2.05, 4.69) is 5.32 Å². The van der Waals surface area contributed by atoms with E-state index in [9.17, 15) is 14.9 Å². The average molecular weight is 267 g/mol. The van der Waals surface area contributed by atoms with Gasteiger partial charge in [-0.15, -0.1) is 0 Å². The Balaban J connectivity index is 2.22. The van der Waals surface area contributed by atoms with E-state index >= 15 is 0 Å². The van der Waals surface area contributed by atoms with Crippen molar-refractivity contribution in [2.75, 3.05) is 5.32 Å². The number of furan rings is 1. The van der Waals surface area contributed by atoms with Crippen LogP contribution in [0.4, 0.5) is 11.4 Å². The summed E-state index contributed by atoms with van der Waals surface area (Å²) in [6.07, 6.45) is 2.64.